The van der Waals surface area contributed by atoms with Gasteiger partial charge in [0.2, 0.25) is 12.0 Å². The van der Waals surface area contributed by atoms with Crippen molar-refractivity contribution in [1.82, 2.24) is 4.98 Å². The van der Waals surface area contributed by atoms with Crippen LogP contribution in [0.4, 0.5) is 17.6 Å². The molecular formula is C21H17Cl2F4NO3. The van der Waals surface area contributed by atoms with E-state index in [1.54, 1.807) is 13.8 Å². The maximum Gasteiger partial charge on any atom is 0.431 e. The normalized spacial score (nSPS) is 20.5. The van der Waals surface area contributed by atoms with E-state index in [1.807, 2.05) is 0 Å². The summed E-state index contributed by atoms with van der Waals surface area (Å²) in [6, 6.07) is 8.56. The molecule has 1 saturated carbocycles. The van der Waals surface area contributed by atoms with E-state index in [1.165, 1.54) is 30.3 Å². The van der Waals surface area contributed by atoms with Gasteiger partial charge in [0.25, 0.3) is 0 Å². The second-order valence-electron chi connectivity index (χ2n) is 7.60. The van der Waals surface area contributed by atoms with Crippen LogP contribution < -0.4 is 4.74 Å². The third-order valence-electron chi connectivity index (χ3n) is 5.05. The van der Waals surface area contributed by atoms with E-state index in [-0.39, 0.29) is 16.1 Å². The largest absolute Gasteiger partial charge is 0.446 e. The van der Waals surface area contributed by atoms with E-state index in [0.717, 1.165) is 18.2 Å². The molecule has 0 aliphatic heterocycles. The van der Waals surface area contributed by atoms with E-state index in [4.69, 9.17) is 32.7 Å². The number of esters is 1. The minimum Gasteiger partial charge on any atom is -0.446 e. The van der Waals surface area contributed by atoms with Gasteiger partial charge in [0, 0.05) is 6.07 Å². The van der Waals surface area contributed by atoms with Crippen molar-refractivity contribution in [1.29, 1.82) is 0 Å². The predicted molar refractivity (Wildman–Crippen MR) is 106 cm³/mol. The fourth-order valence-electron chi connectivity index (χ4n) is 3.32. The number of pyridine rings is 1. The number of nitrogens with zero attached hydrogens (tertiary/aromatic N) is 1. The van der Waals surface area contributed by atoms with Crippen molar-refractivity contribution in [3.05, 3.63) is 64.5 Å². The average molecular weight is 478 g/mol. The molecule has 1 aliphatic carbocycles. The van der Waals surface area contributed by atoms with Crippen molar-refractivity contribution in [2.45, 2.75) is 26.1 Å². The summed E-state index contributed by atoms with van der Waals surface area (Å²) in [5, 5.41) is 0. The van der Waals surface area contributed by atoms with E-state index in [9.17, 15) is 22.4 Å². The number of aromatic nitrogens is 1. The van der Waals surface area contributed by atoms with Crippen LogP contribution in [0.1, 0.15) is 25.6 Å². The van der Waals surface area contributed by atoms with Crippen molar-refractivity contribution < 1.29 is 31.8 Å². The molecule has 1 heterocycles. The van der Waals surface area contributed by atoms with E-state index in [0.29, 0.717) is 0 Å². The highest BCUT2D eigenvalue weighted by molar-refractivity contribution is 6.55. The molecule has 1 aromatic heterocycles. The first-order chi connectivity index (χ1) is 14.4. The minimum atomic E-state index is -4.91. The third-order valence-corrected chi connectivity index (χ3v) is 5.30. The number of hydrogen-bond donors (Lipinski definition) is 0. The van der Waals surface area contributed by atoms with Gasteiger partial charge in [0.1, 0.15) is 16.1 Å². The summed E-state index contributed by atoms with van der Waals surface area (Å²) in [6.07, 6.45) is -6.09. The molecule has 0 radical (unpaired) electrons. The first kappa shape index (κ1) is 23.3. The number of carbonyl (C=O) groups is 1. The number of benzene rings is 1. The topological polar surface area (TPSA) is 48.4 Å². The first-order valence-corrected chi connectivity index (χ1v) is 9.85. The molecule has 0 saturated heterocycles. The van der Waals surface area contributed by atoms with Crippen molar-refractivity contribution in [3.63, 3.8) is 0 Å². The van der Waals surface area contributed by atoms with Crippen LogP contribution in [0.5, 0.6) is 11.6 Å². The van der Waals surface area contributed by atoms with Crippen molar-refractivity contribution >= 4 is 29.2 Å². The zero-order valence-electron chi connectivity index (χ0n) is 16.3. The molecule has 166 valence electrons. The highest BCUT2D eigenvalue weighted by Gasteiger charge is 2.62. The van der Waals surface area contributed by atoms with E-state index >= 15 is 0 Å². The number of alkyl halides is 3. The van der Waals surface area contributed by atoms with Crippen LogP contribution in [0.15, 0.2) is 53.0 Å². The van der Waals surface area contributed by atoms with E-state index in [2.05, 4.69) is 4.98 Å². The van der Waals surface area contributed by atoms with Crippen LogP contribution in [-0.2, 0) is 9.53 Å². The zero-order valence-corrected chi connectivity index (χ0v) is 17.8. The molecule has 0 unspecified atom stereocenters. The van der Waals surface area contributed by atoms with Crippen LogP contribution in [0.25, 0.3) is 0 Å². The molecule has 3 atom stereocenters. The summed E-state index contributed by atoms with van der Waals surface area (Å²) >= 11 is 11.3. The lowest BCUT2D eigenvalue weighted by Gasteiger charge is -2.21. The molecule has 0 spiro atoms. The maximum atomic E-state index is 13.7. The first-order valence-electron chi connectivity index (χ1n) is 9.10. The number of halogens is 6. The predicted octanol–water partition coefficient (Wildman–Crippen LogP) is 6.75. The Kier molecular flexibility index (Phi) is 6.53. The Hall–Kier alpha value is -2.32. The molecule has 1 aromatic carbocycles. The van der Waals surface area contributed by atoms with Crippen LogP contribution in [0.3, 0.4) is 0 Å². The number of rotatable bonds is 6. The second-order valence-corrected chi connectivity index (χ2v) is 8.60. The fourth-order valence-corrected chi connectivity index (χ4v) is 3.59. The Morgan fingerprint density at radius 3 is 2.39 bits per heavy atom. The third kappa shape index (κ3) is 5.49. The molecule has 3 rings (SSSR count). The van der Waals surface area contributed by atoms with Gasteiger partial charge in [0.05, 0.1) is 11.6 Å². The van der Waals surface area contributed by atoms with Gasteiger partial charge in [0.15, 0.2) is 0 Å². The second kappa shape index (κ2) is 8.67. The molecular weight excluding hydrogens is 461 g/mol. The minimum absolute atomic E-state index is 0.0759. The molecule has 0 N–H and O–H groups in total. The Bertz CT molecular complexity index is 989. The lowest BCUT2D eigenvalue weighted by molar-refractivity contribution is -0.226. The molecule has 31 heavy (non-hydrogen) atoms. The Morgan fingerprint density at radius 1 is 1.16 bits per heavy atom. The molecule has 1 aliphatic rings. The quantitative estimate of drug-likeness (QED) is 0.341. The van der Waals surface area contributed by atoms with E-state index < -0.39 is 47.0 Å². The molecule has 1 fully saturated rings. The number of carbonyl (C=O) groups excluding carboxylic acids is 1. The summed E-state index contributed by atoms with van der Waals surface area (Å²) in [5.74, 6) is -2.79. The highest BCUT2D eigenvalue weighted by Crippen LogP contribution is 2.60. The highest BCUT2D eigenvalue weighted by atomic mass is 35.5. The van der Waals surface area contributed by atoms with Gasteiger partial charge < -0.3 is 9.47 Å². The van der Waals surface area contributed by atoms with Gasteiger partial charge in [-0.1, -0.05) is 43.1 Å². The monoisotopic (exact) mass is 477 g/mol. The molecule has 0 amide bonds. The summed E-state index contributed by atoms with van der Waals surface area (Å²) in [6.45, 7) is 3.41. The van der Waals surface area contributed by atoms with Gasteiger partial charge in [-0.3, -0.25) is 4.79 Å². The van der Waals surface area contributed by atoms with Crippen molar-refractivity contribution in [2.24, 2.45) is 17.3 Å². The summed E-state index contributed by atoms with van der Waals surface area (Å²) in [7, 11) is 0. The maximum absolute atomic E-state index is 13.7. The fraction of sp³-hybridized carbons (Fsp3) is 0.333. The lowest BCUT2D eigenvalue weighted by atomic mass is 10.1. The van der Waals surface area contributed by atoms with Crippen LogP contribution in [0, 0.1) is 23.1 Å². The zero-order chi connectivity index (χ0) is 23.0. The average Bonchev–Trinajstić information content (AvgIpc) is 3.20. The van der Waals surface area contributed by atoms with Gasteiger partial charge >= 0.3 is 12.1 Å². The Morgan fingerprint density at radius 2 is 1.81 bits per heavy atom. The van der Waals surface area contributed by atoms with Gasteiger partial charge in [-0.2, -0.15) is 13.2 Å². The van der Waals surface area contributed by atoms with Crippen molar-refractivity contribution in [2.75, 3.05) is 0 Å². The Labute approximate surface area is 185 Å². The summed E-state index contributed by atoms with van der Waals surface area (Å²) < 4.78 is 64.2. The smallest absolute Gasteiger partial charge is 0.431 e. The molecule has 4 nitrogen and oxygen atoms in total. The van der Waals surface area contributed by atoms with Crippen LogP contribution >= 0.6 is 23.2 Å². The van der Waals surface area contributed by atoms with Crippen molar-refractivity contribution in [3.8, 4) is 11.6 Å². The van der Waals surface area contributed by atoms with Gasteiger partial charge in [-0.05, 0) is 47.7 Å². The summed E-state index contributed by atoms with van der Waals surface area (Å²) in [4.78, 5) is 16.3. The molecule has 0 bridgehead atoms. The number of ether oxygens (including phenoxy) is 2. The summed E-state index contributed by atoms with van der Waals surface area (Å²) in [5.41, 5.74) is -1.20. The number of hydrogen-bond acceptors (Lipinski definition) is 4. The van der Waals surface area contributed by atoms with Gasteiger partial charge in [-0.15, -0.1) is 0 Å². The molecule has 2 aromatic rings. The standard InChI is InChI=1S/C21H17Cl2F4NO3/c1-20(2)13(10-15(22)23)17(20)19(29)31-18(21(25,26)27)14-4-3-5-16(28-14)30-12-8-6-11(24)7-9-12/h3-10,13,17-18H,1-2H3/t13-,17-,18-/m0/s1. The SMILES string of the molecule is CC1(C)[C@H](C(=O)O[C@@H](c2cccc(Oc3ccc(F)cc3)n2)C(F)(F)F)[C@@H]1C=C(Cl)Cl. The number of allylic oxidation sites excluding steroid dienone is 1. The molecule has 10 heteroatoms. The Balaban J connectivity index is 1.81. The van der Waals surface area contributed by atoms with Crippen LogP contribution in [-0.4, -0.2) is 17.1 Å². The van der Waals surface area contributed by atoms with Gasteiger partial charge in [-0.25, -0.2) is 9.37 Å². The van der Waals surface area contributed by atoms with Crippen LogP contribution in [0.2, 0.25) is 0 Å². The lowest BCUT2D eigenvalue weighted by Crippen LogP contribution is -2.28.